The number of likely N-dealkylation sites (N-methyl/N-ethyl adjacent to an activating group) is 1. The van der Waals surface area contributed by atoms with Gasteiger partial charge < -0.3 is 9.80 Å². The van der Waals surface area contributed by atoms with Gasteiger partial charge in [-0.25, -0.2) is 0 Å². The van der Waals surface area contributed by atoms with Crippen molar-refractivity contribution in [3.05, 3.63) is 21.9 Å². The van der Waals surface area contributed by atoms with E-state index in [-0.39, 0.29) is 5.91 Å². The molecule has 1 aromatic rings. The molecule has 2 saturated heterocycles. The summed E-state index contributed by atoms with van der Waals surface area (Å²) in [6.45, 7) is 8.19. The first-order valence-corrected chi connectivity index (χ1v) is 9.29. The Bertz CT molecular complexity index is 508. The highest BCUT2D eigenvalue weighted by Crippen LogP contribution is 2.20. The van der Waals surface area contributed by atoms with E-state index in [9.17, 15) is 4.79 Å². The third-order valence-electron chi connectivity index (χ3n) is 5.11. The van der Waals surface area contributed by atoms with Gasteiger partial charge in [0.1, 0.15) is 0 Å². The van der Waals surface area contributed by atoms with Crippen molar-refractivity contribution in [2.75, 3.05) is 46.3 Å². The molecule has 0 unspecified atom stereocenters. The number of rotatable bonds is 3. The first-order valence-electron chi connectivity index (χ1n) is 8.41. The number of nitrogens with zero attached hydrogens (tertiary/aromatic N) is 3. The van der Waals surface area contributed by atoms with E-state index in [1.165, 1.54) is 25.8 Å². The summed E-state index contributed by atoms with van der Waals surface area (Å²) in [7, 11) is 2.25. The van der Waals surface area contributed by atoms with Crippen LogP contribution in [0.4, 0.5) is 0 Å². The Labute approximate surface area is 137 Å². The lowest BCUT2D eigenvalue weighted by Gasteiger charge is -2.40. The molecule has 0 aromatic carbocycles. The van der Waals surface area contributed by atoms with E-state index in [0.29, 0.717) is 6.04 Å². The number of piperazine rings is 1. The molecule has 0 N–H and O–H groups in total. The number of thiophene rings is 1. The van der Waals surface area contributed by atoms with Gasteiger partial charge in [0.15, 0.2) is 0 Å². The standard InChI is InChI=1S/C17H27N3OS/c1-14-6-12-22-16(14)17(21)20-10-8-19(9-11-20)13-15-5-3-4-7-18(15)2/h6,12,15H,3-5,7-11,13H2,1-2H3/t15-/m1/s1. The highest BCUT2D eigenvalue weighted by atomic mass is 32.1. The van der Waals surface area contributed by atoms with Crippen LogP contribution in [0.15, 0.2) is 11.4 Å². The lowest BCUT2D eigenvalue weighted by Crippen LogP contribution is -2.53. The molecular formula is C17H27N3OS. The molecule has 2 aliphatic heterocycles. The van der Waals surface area contributed by atoms with Crippen molar-refractivity contribution in [2.45, 2.75) is 32.2 Å². The summed E-state index contributed by atoms with van der Waals surface area (Å²) in [5.41, 5.74) is 1.11. The molecule has 0 bridgehead atoms. The molecule has 122 valence electrons. The molecule has 2 fully saturated rings. The van der Waals surface area contributed by atoms with E-state index in [1.807, 2.05) is 23.3 Å². The van der Waals surface area contributed by atoms with Crippen LogP contribution in [0.25, 0.3) is 0 Å². The third-order valence-corrected chi connectivity index (χ3v) is 6.11. The van der Waals surface area contributed by atoms with Crippen LogP contribution in [0.2, 0.25) is 0 Å². The summed E-state index contributed by atoms with van der Waals surface area (Å²) < 4.78 is 0. The molecular weight excluding hydrogens is 294 g/mol. The Morgan fingerprint density at radius 3 is 2.64 bits per heavy atom. The summed E-state index contributed by atoms with van der Waals surface area (Å²) >= 11 is 1.57. The number of carbonyl (C=O) groups is 1. The van der Waals surface area contributed by atoms with Crippen molar-refractivity contribution in [1.82, 2.24) is 14.7 Å². The van der Waals surface area contributed by atoms with E-state index in [2.05, 4.69) is 16.8 Å². The molecule has 1 aromatic heterocycles. The van der Waals surface area contributed by atoms with Crippen LogP contribution in [-0.4, -0.2) is 73.0 Å². The van der Waals surface area contributed by atoms with Gasteiger partial charge in [-0.05, 0) is 50.4 Å². The normalized spacial score (nSPS) is 24.6. The van der Waals surface area contributed by atoms with Gasteiger partial charge in [-0.15, -0.1) is 11.3 Å². The molecule has 0 saturated carbocycles. The van der Waals surface area contributed by atoms with Crippen molar-refractivity contribution in [3.8, 4) is 0 Å². The second kappa shape index (κ2) is 7.11. The van der Waals surface area contributed by atoms with Crippen LogP contribution in [0.1, 0.15) is 34.5 Å². The smallest absolute Gasteiger partial charge is 0.264 e. The quantitative estimate of drug-likeness (QED) is 0.855. The lowest BCUT2D eigenvalue weighted by molar-refractivity contribution is 0.0568. The fraction of sp³-hybridized carbons (Fsp3) is 0.706. The van der Waals surface area contributed by atoms with E-state index in [1.54, 1.807) is 11.3 Å². The second-order valence-electron chi connectivity index (χ2n) is 6.66. The maximum Gasteiger partial charge on any atom is 0.264 e. The minimum absolute atomic E-state index is 0.224. The summed E-state index contributed by atoms with van der Waals surface area (Å²) in [5, 5.41) is 2.01. The molecule has 3 rings (SSSR count). The number of carbonyl (C=O) groups excluding carboxylic acids is 1. The third kappa shape index (κ3) is 3.53. The zero-order valence-electron chi connectivity index (χ0n) is 13.8. The van der Waals surface area contributed by atoms with Crippen LogP contribution < -0.4 is 0 Å². The molecule has 22 heavy (non-hydrogen) atoms. The van der Waals surface area contributed by atoms with Crippen molar-refractivity contribution in [3.63, 3.8) is 0 Å². The van der Waals surface area contributed by atoms with Gasteiger partial charge in [-0.3, -0.25) is 9.69 Å². The van der Waals surface area contributed by atoms with E-state index in [4.69, 9.17) is 0 Å². The molecule has 3 heterocycles. The summed E-state index contributed by atoms with van der Waals surface area (Å²) in [5.74, 6) is 0.224. The molecule has 2 aliphatic rings. The summed E-state index contributed by atoms with van der Waals surface area (Å²) in [4.78, 5) is 20.5. The number of hydrogen-bond acceptors (Lipinski definition) is 4. The average Bonchev–Trinajstić information content (AvgIpc) is 2.96. The minimum atomic E-state index is 0.224. The fourth-order valence-corrected chi connectivity index (χ4v) is 4.43. The van der Waals surface area contributed by atoms with E-state index >= 15 is 0 Å². The summed E-state index contributed by atoms with van der Waals surface area (Å²) in [6, 6.07) is 2.74. The van der Waals surface area contributed by atoms with E-state index < -0.39 is 0 Å². The van der Waals surface area contributed by atoms with Crippen LogP contribution in [0.3, 0.4) is 0 Å². The second-order valence-corrected chi connectivity index (χ2v) is 7.57. The Morgan fingerprint density at radius 1 is 1.23 bits per heavy atom. The molecule has 4 nitrogen and oxygen atoms in total. The average molecular weight is 321 g/mol. The van der Waals surface area contributed by atoms with Gasteiger partial charge in [-0.1, -0.05) is 6.42 Å². The van der Waals surface area contributed by atoms with Crippen molar-refractivity contribution < 1.29 is 4.79 Å². The molecule has 0 radical (unpaired) electrons. The van der Waals surface area contributed by atoms with Crippen LogP contribution in [0, 0.1) is 6.92 Å². The van der Waals surface area contributed by atoms with Crippen molar-refractivity contribution >= 4 is 17.2 Å². The van der Waals surface area contributed by atoms with Gasteiger partial charge in [0.2, 0.25) is 0 Å². The van der Waals surface area contributed by atoms with Crippen molar-refractivity contribution in [2.24, 2.45) is 0 Å². The minimum Gasteiger partial charge on any atom is -0.335 e. The lowest BCUT2D eigenvalue weighted by atomic mass is 10.0. The topological polar surface area (TPSA) is 26.8 Å². The number of amides is 1. The Kier molecular flexibility index (Phi) is 5.16. The molecule has 0 spiro atoms. The van der Waals surface area contributed by atoms with Gasteiger partial charge in [0.25, 0.3) is 5.91 Å². The Morgan fingerprint density at radius 2 is 2.00 bits per heavy atom. The van der Waals surface area contributed by atoms with Gasteiger partial charge in [0.05, 0.1) is 4.88 Å². The van der Waals surface area contributed by atoms with Crippen LogP contribution >= 0.6 is 11.3 Å². The fourth-order valence-electron chi connectivity index (χ4n) is 3.54. The zero-order chi connectivity index (χ0) is 15.5. The maximum atomic E-state index is 12.5. The van der Waals surface area contributed by atoms with Gasteiger partial charge in [0, 0.05) is 38.8 Å². The zero-order valence-corrected chi connectivity index (χ0v) is 14.6. The number of hydrogen-bond donors (Lipinski definition) is 0. The van der Waals surface area contributed by atoms with Crippen molar-refractivity contribution in [1.29, 1.82) is 0 Å². The van der Waals surface area contributed by atoms with Crippen LogP contribution in [0.5, 0.6) is 0 Å². The van der Waals surface area contributed by atoms with E-state index in [0.717, 1.165) is 43.2 Å². The van der Waals surface area contributed by atoms with Gasteiger partial charge in [-0.2, -0.15) is 0 Å². The number of likely N-dealkylation sites (tertiary alicyclic amines) is 1. The van der Waals surface area contributed by atoms with Gasteiger partial charge >= 0.3 is 0 Å². The number of aryl methyl sites for hydroxylation is 1. The Hall–Kier alpha value is -0.910. The number of piperidine rings is 1. The summed E-state index contributed by atoms with van der Waals surface area (Å²) in [6.07, 6.45) is 4.03. The largest absolute Gasteiger partial charge is 0.335 e. The molecule has 5 heteroatoms. The highest BCUT2D eigenvalue weighted by molar-refractivity contribution is 7.12. The first kappa shape index (κ1) is 16.0. The maximum absolute atomic E-state index is 12.5. The first-order chi connectivity index (χ1) is 10.6. The predicted molar refractivity (Wildman–Crippen MR) is 91.7 cm³/mol. The predicted octanol–water partition coefficient (Wildman–Crippen LogP) is 2.30. The Balaban J connectivity index is 1.50. The molecule has 1 amide bonds. The highest BCUT2D eigenvalue weighted by Gasteiger charge is 2.27. The SMILES string of the molecule is Cc1ccsc1C(=O)N1CCN(C[C@H]2CCCCN2C)CC1. The monoisotopic (exact) mass is 321 g/mol. The molecule has 1 atom stereocenters. The molecule has 0 aliphatic carbocycles. The van der Waals surface area contributed by atoms with Crippen LogP contribution in [-0.2, 0) is 0 Å².